The summed E-state index contributed by atoms with van der Waals surface area (Å²) in [6.45, 7) is 7.11. The van der Waals surface area contributed by atoms with Crippen molar-refractivity contribution in [1.29, 1.82) is 0 Å². The molecule has 1 aromatic carbocycles. The molecule has 0 spiro atoms. The summed E-state index contributed by atoms with van der Waals surface area (Å²) in [5, 5.41) is 9.59. The molecule has 0 amide bonds. The van der Waals surface area contributed by atoms with E-state index >= 15 is 0 Å². The Bertz CT molecular complexity index is 1340. The Labute approximate surface area is 214 Å². The second-order valence-electron chi connectivity index (χ2n) is 9.33. The molecule has 2 aliphatic rings. The van der Waals surface area contributed by atoms with Gasteiger partial charge in [-0.15, -0.1) is 0 Å². The lowest BCUT2D eigenvalue weighted by Gasteiger charge is -2.59. The van der Waals surface area contributed by atoms with Gasteiger partial charge in [-0.3, -0.25) is 15.0 Å². The third-order valence-electron chi connectivity index (χ3n) is 7.37. The van der Waals surface area contributed by atoms with Crippen molar-refractivity contribution in [2.45, 2.75) is 31.9 Å². The van der Waals surface area contributed by atoms with E-state index in [0.717, 1.165) is 41.1 Å². The number of halogens is 2. The lowest BCUT2D eigenvalue weighted by Crippen LogP contribution is -2.72. The second kappa shape index (κ2) is 8.97. The van der Waals surface area contributed by atoms with Crippen LogP contribution in [-0.4, -0.2) is 56.8 Å². The fourth-order valence-corrected chi connectivity index (χ4v) is 5.49. The minimum Gasteiger partial charge on any atom is -0.489 e. The van der Waals surface area contributed by atoms with Crippen LogP contribution in [0.4, 0.5) is 5.82 Å². The van der Waals surface area contributed by atoms with Crippen LogP contribution < -0.4 is 9.64 Å². The van der Waals surface area contributed by atoms with Gasteiger partial charge in [0, 0.05) is 61.3 Å². The van der Waals surface area contributed by atoms with Crippen LogP contribution in [0.5, 0.6) is 5.75 Å². The molecule has 35 heavy (non-hydrogen) atoms. The first-order chi connectivity index (χ1) is 17.1. The molecule has 5 heterocycles. The maximum absolute atomic E-state index is 6.22. The summed E-state index contributed by atoms with van der Waals surface area (Å²) < 4.78 is 5.99. The van der Waals surface area contributed by atoms with Crippen molar-refractivity contribution < 1.29 is 4.74 Å². The van der Waals surface area contributed by atoms with Crippen molar-refractivity contribution in [3.05, 3.63) is 64.5 Å². The van der Waals surface area contributed by atoms with E-state index in [4.69, 9.17) is 32.9 Å². The number of hydrogen-bond donors (Lipinski definition) is 1. The van der Waals surface area contributed by atoms with E-state index in [1.165, 1.54) is 25.9 Å². The molecular formula is C26H26Cl2N6O. The highest BCUT2D eigenvalue weighted by Crippen LogP contribution is 2.37. The number of aromatic amines is 1. The van der Waals surface area contributed by atoms with E-state index in [2.05, 4.69) is 44.0 Å². The van der Waals surface area contributed by atoms with Gasteiger partial charge in [-0.2, -0.15) is 5.10 Å². The maximum Gasteiger partial charge on any atom is 0.128 e. The number of ether oxygens (including phenoxy) is 1. The number of hydrogen-bond acceptors (Lipinski definition) is 6. The predicted molar refractivity (Wildman–Crippen MR) is 139 cm³/mol. The first kappa shape index (κ1) is 22.6. The van der Waals surface area contributed by atoms with Crippen molar-refractivity contribution in [3.8, 4) is 17.0 Å². The standard InChI is InChI=1S/C26H26Cl2N6O/c1-2-26(34-8-3-9-34)15-33(16-26)24-7-4-17(11-30-24)25-19-10-18(5-6-23(19)31-32-25)35-14-20-21(27)12-29-13-22(20)28/h4-7,10-13H,2-3,8-9,14-16H2,1H3,(H,31,32). The van der Waals surface area contributed by atoms with Crippen LogP contribution in [-0.2, 0) is 6.61 Å². The van der Waals surface area contributed by atoms with E-state index in [-0.39, 0.29) is 6.61 Å². The molecule has 0 aliphatic carbocycles. The van der Waals surface area contributed by atoms with Gasteiger partial charge < -0.3 is 9.64 Å². The highest BCUT2D eigenvalue weighted by molar-refractivity contribution is 6.35. The van der Waals surface area contributed by atoms with Gasteiger partial charge in [0.05, 0.1) is 21.1 Å². The molecule has 9 heteroatoms. The van der Waals surface area contributed by atoms with Gasteiger partial charge in [-0.1, -0.05) is 30.1 Å². The Kier molecular flexibility index (Phi) is 5.79. The van der Waals surface area contributed by atoms with E-state index in [1.807, 2.05) is 24.4 Å². The molecule has 0 bridgehead atoms. The van der Waals surface area contributed by atoms with Crippen molar-refractivity contribution in [1.82, 2.24) is 25.1 Å². The van der Waals surface area contributed by atoms with Gasteiger partial charge in [0.2, 0.25) is 0 Å². The van der Waals surface area contributed by atoms with Crippen LogP contribution in [0.3, 0.4) is 0 Å². The Morgan fingerprint density at radius 2 is 1.86 bits per heavy atom. The summed E-state index contributed by atoms with van der Waals surface area (Å²) in [6.07, 6.45) is 7.54. The number of benzene rings is 1. The monoisotopic (exact) mass is 508 g/mol. The second-order valence-corrected chi connectivity index (χ2v) is 10.1. The third kappa shape index (κ3) is 4.01. The molecule has 4 aromatic rings. The van der Waals surface area contributed by atoms with Crippen LogP contribution in [0.15, 0.2) is 48.9 Å². The first-order valence-corrected chi connectivity index (χ1v) is 12.7. The van der Waals surface area contributed by atoms with Crippen LogP contribution in [0.1, 0.15) is 25.3 Å². The zero-order valence-electron chi connectivity index (χ0n) is 19.5. The van der Waals surface area contributed by atoms with Gasteiger partial charge in [-0.25, -0.2) is 4.98 Å². The smallest absolute Gasteiger partial charge is 0.128 e. The molecule has 0 atom stereocenters. The fourth-order valence-electron chi connectivity index (χ4n) is 5.01. The number of aromatic nitrogens is 4. The summed E-state index contributed by atoms with van der Waals surface area (Å²) in [5.74, 6) is 1.73. The molecule has 1 N–H and O–H groups in total. The highest BCUT2D eigenvalue weighted by Gasteiger charge is 2.48. The lowest BCUT2D eigenvalue weighted by molar-refractivity contribution is 0.00387. The summed E-state index contributed by atoms with van der Waals surface area (Å²) in [5.41, 5.74) is 3.78. The Morgan fingerprint density at radius 3 is 2.51 bits per heavy atom. The molecule has 0 saturated carbocycles. The van der Waals surface area contributed by atoms with Gasteiger partial charge in [0.1, 0.15) is 23.9 Å². The molecular weight excluding hydrogens is 483 g/mol. The van der Waals surface area contributed by atoms with Gasteiger partial charge in [-0.05, 0) is 43.2 Å². The minimum atomic E-state index is 0.252. The highest BCUT2D eigenvalue weighted by atomic mass is 35.5. The van der Waals surface area contributed by atoms with Crippen LogP contribution in [0, 0.1) is 0 Å². The molecule has 2 aliphatic heterocycles. The molecule has 0 unspecified atom stereocenters. The number of nitrogens with zero attached hydrogens (tertiary/aromatic N) is 5. The topological polar surface area (TPSA) is 70.2 Å². The number of fused-ring (bicyclic) bond motifs is 1. The zero-order chi connectivity index (χ0) is 24.0. The molecule has 6 rings (SSSR count). The number of anilines is 1. The number of rotatable bonds is 7. The number of pyridine rings is 2. The molecule has 2 fully saturated rings. The normalized spacial score (nSPS) is 17.3. The van der Waals surface area contributed by atoms with Crippen LogP contribution >= 0.6 is 23.2 Å². The quantitative estimate of drug-likeness (QED) is 0.351. The van der Waals surface area contributed by atoms with E-state index in [9.17, 15) is 0 Å². The van der Waals surface area contributed by atoms with Crippen molar-refractivity contribution >= 4 is 39.9 Å². The molecule has 2 saturated heterocycles. The van der Waals surface area contributed by atoms with E-state index in [1.54, 1.807) is 12.4 Å². The summed E-state index contributed by atoms with van der Waals surface area (Å²) in [4.78, 5) is 13.8. The average Bonchev–Trinajstić information content (AvgIpc) is 3.23. The molecule has 0 radical (unpaired) electrons. The summed E-state index contributed by atoms with van der Waals surface area (Å²) in [6, 6.07) is 10.0. The van der Waals surface area contributed by atoms with Crippen molar-refractivity contribution in [2.75, 3.05) is 31.1 Å². The van der Waals surface area contributed by atoms with E-state index in [0.29, 0.717) is 26.9 Å². The first-order valence-electron chi connectivity index (χ1n) is 11.9. The van der Waals surface area contributed by atoms with Crippen molar-refractivity contribution in [2.24, 2.45) is 0 Å². The van der Waals surface area contributed by atoms with Gasteiger partial charge >= 0.3 is 0 Å². The lowest BCUT2D eigenvalue weighted by atomic mass is 9.82. The number of nitrogens with one attached hydrogen (secondary N) is 1. The molecule has 7 nitrogen and oxygen atoms in total. The van der Waals surface area contributed by atoms with Crippen LogP contribution in [0.2, 0.25) is 10.0 Å². The molecule has 3 aromatic heterocycles. The van der Waals surface area contributed by atoms with Crippen molar-refractivity contribution in [3.63, 3.8) is 0 Å². The third-order valence-corrected chi connectivity index (χ3v) is 8.02. The summed E-state index contributed by atoms with van der Waals surface area (Å²) in [7, 11) is 0. The minimum absolute atomic E-state index is 0.252. The Morgan fingerprint density at radius 1 is 1.06 bits per heavy atom. The van der Waals surface area contributed by atoms with E-state index < -0.39 is 0 Å². The molecule has 180 valence electrons. The number of likely N-dealkylation sites (tertiary alicyclic amines) is 1. The summed E-state index contributed by atoms with van der Waals surface area (Å²) >= 11 is 12.4. The fraction of sp³-hybridized carbons (Fsp3) is 0.346. The Balaban J connectivity index is 1.19. The number of H-pyrrole nitrogens is 1. The zero-order valence-corrected chi connectivity index (χ0v) is 21.0. The van der Waals surface area contributed by atoms with Gasteiger partial charge in [0.25, 0.3) is 0 Å². The maximum atomic E-state index is 6.22. The Hall–Kier alpha value is -2.87. The van der Waals surface area contributed by atoms with Crippen LogP contribution in [0.25, 0.3) is 22.2 Å². The van der Waals surface area contributed by atoms with Gasteiger partial charge in [0.15, 0.2) is 0 Å². The average molecular weight is 509 g/mol. The SMILES string of the molecule is CCC1(N2CCC2)CN(c2ccc(-c3n[nH]c4ccc(OCc5c(Cl)cncc5Cl)cc34)cn2)C1. The predicted octanol–water partition coefficient (Wildman–Crippen LogP) is 5.58. The largest absolute Gasteiger partial charge is 0.489 e.